The third-order valence-corrected chi connectivity index (χ3v) is 4.88. The quantitative estimate of drug-likeness (QED) is 0.767. The summed E-state index contributed by atoms with van der Waals surface area (Å²) in [6.45, 7) is 6.14. The summed E-state index contributed by atoms with van der Waals surface area (Å²) in [4.78, 5) is 17.2. The fourth-order valence-corrected chi connectivity index (χ4v) is 3.44. The zero-order valence-corrected chi connectivity index (χ0v) is 13.4. The minimum Gasteiger partial charge on any atom is -0.486 e. The van der Waals surface area contributed by atoms with Crippen LogP contribution in [0.2, 0.25) is 0 Å². The molecule has 1 aromatic heterocycles. The molecule has 2 aromatic rings. The number of hydrogen-bond donors (Lipinski definition) is 0. The van der Waals surface area contributed by atoms with E-state index in [9.17, 15) is 4.79 Å². The van der Waals surface area contributed by atoms with Crippen LogP contribution in [0.1, 0.15) is 57.2 Å². The average Bonchev–Trinajstić information content (AvgIpc) is 3.18. The molecule has 1 aliphatic rings. The van der Waals surface area contributed by atoms with Crippen molar-refractivity contribution in [2.24, 2.45) is 0 Å². The van der Waals surface area contributed by atoms with E-state index >= 15 is 0 Å². The summed E-state index contributed by atoms with van der Waals surface area (Å²) >= 11 is 1.48. The lowest BCUT2D eigenvalue weighted by Crippen LogP contribution is -1.98. The number of nitrogens with zero attached hydrogens (tertiary/aromatic N) is 1. The fraction of sp³-hybridized carbons (Fsp3) is 0.412. The van der Waals surface area contributed by atoms with Crippen LogP contribution in [0.25, 0.3) is 0 Å². The molecule has 0 saturated heterocycles. The Bertz CT molecular complexity index is 666. The van der Waals surface area contributed by atoms with Crippen LogP contribution in [0.3, 0.4) is 0 Å². The monoisotopic (exact) mass is 301 g/mol. The van der Waals surface area contributed by atoms with Gasteiger partial charge in [0.1, 0.15) is 17.4 Å². The molecule has 1 aromatic carbocycles. The van der Waals surface area contributed by atoms with Gasteiger partial charge in [-0.2, -0.15) is 0 Å². The second kappa shape index (κ2) is 5.60. The largest absolute Gasteiger partial charge is 0.486 e. The summed E-state index contributed by atoms with van der Waals surface area (Å²) in [5.41, 5.74) is 3.24. The van der Waals surface area contributed by atoms with Crippen molar-refractivity contribution >= 4 is 17.1 Å². The lowest BCUT2D eigenvalue weighted by Gasteiger charge is -2.10. The number of rotatable bonds is 5. The van der Waals surface area contributed by atoms with E-state index in [1.807, 2.05) is 32.0 Å². The number of aromatic nitrogens is 1. The van der Waals surface area contributed by atoms with Gasteiger partial charge < -0.3 is 4.74 Å². The van der Waals surface area contributed by atoms with Gasteiger partial charge in [0.25, 0.3) is 0 Å². The van der Waals surface area contributed by atoms with Crippen LogP contribution in [-0.2, 0) is 6.61 Å². The molecule has 1 aliphatic carbocycles. The molecule has 110 valence electrons. The number of carbonyl (C=O) groups is 1. The number of ketones is 1. The Morgan fingerprint density at radius 3 is 2.57 bits per heavy atom. The number of Topliss-reactive ketones (excluding diaryl/α,β-unsaturated/α-hetero) is 1. The average molecular weight is 301 g/mol. The second-order valence-electron chi connectivity index (χ2n) is 5.66. The van der Waals surface area contributed by atoms with E-state index in [1.54, 1.807) is 6.92 Å². The van der Waals surface area contributed by atoms with Crippen molar-refractivity contribution in [3.05, 3.63) is 44.9 Å². The number of para-hydroxylation sites is 1. The number of thiazole rings is 1. The Hall–Kier alpha value is -1.68. The molecule has 0 N–H and O–H groups in total. The highest BCUT2D eigenvalue weighted by molar-refractivity contribution is 7.13. The minimum atomic E-state index is 0.118. The predicted molar refractivity (Wildman–Crippen MR) is 84.3 cm³/mol. The zero-order chi connectivity index (χ0) is 15.0. The summed E-state index contributed by atoms with van der Waals surface area (Å²) < 4.78 is 5.94. The van der Waals surface area contributed by atoms with E-state index in [1.165, 1.54) is 11.3 Å². The van der Waals surface area contributed by atoms with E-state index in [-0.39, 0.29) is 5.78 Å². The second-order valence-corrected chi connectivity index (χ2v) is 6.75. The number of ether oxygens (including phenoxy) is 1. The Morgan fingerprint density at radius 2 is 2.00 bits per heavy atom. The summed E-state index contributed by atoms with van der Waals surface area (Å²) in [5, 5.41) is 0.893. The van der Waals surface area contributed by atoms with Crippen LogP contribution < -0.4 is 4.74 Å². The van der Waals surface area contributed by atoms with Crippen LogP contribution in [-0.4, -0.2) is 10.8 Å². The molecule has 3 nitrogen and oxygen atoms in total. The van der Waals surface area contributed by atoms with Crippen molar-refractivity contribution < 1.29 is 9.53 Å². The fourth-order valence-electron chi connectivity index (χ4n) is 2.49. The van der Waals surface area contributed by atoms with Crippen LogP contribution in [0.5, 0.6) is 5.75 Å². The Labute approximate surface area is 129 Å². The molecular weight excluding hydrogens is 282 g/mol. The number of hydrogen-bond acceptors (Lipinski definition) is 4. The molecule has 21 heavy (non-hydrogen) atoms. The highest BCUT2D eigenvalue weighted by Crippen LogP contribution is 2.43. The molecule has 4 heteroatoms. The highest BCUT2D eigenvalue weighted by Gasteiger charge is 2.31. The Morgan fingerprint density at radius 1 is 1.33 bits per heavy atom. The summed E-state index contributed by atoms with van der Waals surface area (Å²) in [5.74, 6) is 1.53. The van der Waals surface area contributed by atoms with Crippen molar-refractivity contribution in [3.63, 3.8) is 0 Å². The Kier molecular flexibility index (Phi) is 3.81. The molecule has 0 radical (unpaired) electrons. The van der Waals surface area contributed by atoms with E-state index in [2.05, 4.69) is 4.98 Å². The normalized spacial score (nSPS) is 14.2. The maximum absolute atomic E-state index is 11.7. The Balaban J connectivity index is 1.79. The maximum atomic E-state index is 11.7. The minimum absolute atomic E-state index is 0.118. The molecule has 3 rings (SSSR count). The first kappa shape index (κ1) is 14.3. The lowest BCUT2D eigenvalue weighted by atomic mass is 10.1. The van der Waals surface area contributed by atoms with E-state index in [0.717, 1.165) is 45.3 Å². The third-order valence-electron chi connectivity index (χ3n) is 3.73. The van der Waals surface area contributed by atoms with Crippen LogP contribution in [0.15, 0.2) is 18.2 Å². The molecule has 0 unspecified atom stereocenters. The van der Waals surface area contributed by atoms with Gasteiger partial charge >= 0.3 is 0 Å². The molecule has 0 atom stereocenters. The van der Waals surface area contributed by atoms with Gasteiger partial charge in [0.15, 0.2) is 5.78 Å². The third kappa shape index (κ3) is 3.00. The van der Waals surface area contributed by atoms with Crippen molar-refractivity contribution in [2.45, 2.75) is 46.1 Å². The van der Waals surface area contributed by atoms with Crippen LogP contribution in [0, 0.1) is 13.8 Å². The lowest BCUT2D eigenvalue weighted by molar-refractivity contribution is 0.102. The van der Waals surface area contributed by atoms with E-state index < -0.39 is 0 Å². The zero-order valence-electron chi connectivity index (χ0n) is 12.6. The molecule has 1 fully saturated rings. The molecule has 0 aliphatic heterocycles. The smallest absolute Gasteiger partial charge is 0.171 e. The first-order valence-electron chi connectivity index (χ1n) is 7.26. The number of aryl methyl sites for hydroxylation is 2. The first-order chi connectivity index (χ1) is 10.1. The van der Waals surface area contributed by atoms with Crippen molar-refractivity contribution in [2.75, 3.05) is 0 Å². The predicted octanol–water partition coefficient (Wildman–Crippen LogP) is 4.42. The standard InChI is InChI=1S/C17H19NO2S/c1-10-5-4-6-11(2)16(10)20-9-14-18-15(13-7-8-13)17(21-14)12(3)19/h4-6,13H,7-9H2,1-3H3. The number of benzene rings is 1. The van der Waals surface area contributed by atoms with Crippen molar-refractivity contribution in [1.82, 2.24) is 4.98 Å². The molecule has 1 heterocycles. The molecule has 0 amide bonds. The van der Waals surface area contributed by atoms with Gasteiger partial charge in [0, 0.05) is 12.8 Å². The van der Waals surface area contributed by atoms with E-state index in [0.29, 0.717) is 12.5 Å². The van der Waals surface area contributed by atoms with Gasteiger partial charge in [-0.1, -0.05) is 18.2 Å². The van der Waals surface area contributed by atoms with Gasteiger partial charge in [-0.3, -0.25) is 4.79 Å². The topological polar surface area (TPSA) is 39.2 Å². The van der Waals surface area contributed by atoms with Gasteiger partial charge in [-0.15, -0.1) is 11.3 Å². The first-order valence-corrected chi connectivity index (χ1v) is 8.07. The van der Waals surface area contributed by atoms with Gasteiger partial charge in [0.2, 0.25) is 0 Å². The van der Waals surface area contributed by atoms with Gasteiger partial charge in [-0.05, 0) is 37.8 Å². The summed E-state index contributed by atoms with van der Waals surface area (Å²) in [6, 6.07) is 6.11. The number of carbonyl (C=O) groups excluding carboxylic acids is 1. The maximum Gasteiger partial charge on any atom is 0.171 e. The highest BCUT2D eigenvalue weighted by atomic mass is 32.1. The van der Waals surface area contributed by atoms with Crippen molar-refractivity contribution in [1.29, 1.82) is 0 Å². The van der Waals surface area contributed by atoms with Gasteiger partial charge in [0.05, 0.1) is 10.6 Å². The van der Waals surface area contributed by atoms with E-state index in [4.69, 9.17) is 4.74 Å². The SMILES string of the molecule is CC(=O)c1sc(COc2c(C)cccc2C)nc1C1CC1. The summed E-state index contributed by atoms with van der Waals surface area (Å²) in [7, 11) is 0. The van der Waals surface area contributed by atoms with Crippen molar-refractivity contribution in [3.8, 4) is 5.75 Å². The van der Waals surface area contributed by atoms with Gasteiger partial charge in [-0.25, -0.2) is 4.98 Å². The molecule has 0 spiro atoms. The summed E-state index contributed by atoms with van der Waals surface area (Å²) in [6.07, 6.45) is 2.31. The molecule has 1 saturated carbocycles. The van der Waals surface area contributed by atoms with Crippen LogP contribution in [0.4, 0.5) is 0 Å². The van der Waals surface area contributed by atoms with Crippen LogP contribution >= 0.6 is 11.3 Å². The molecule has 0 bridgehead atoms. The molecular formula is C17H19NO2S.